The highest BCUT2D eigenvalue weighted by molar-refractivity contribution is 6.06. The number of furan rings is 1. The molecular weight excluding hydrogens is 621 g/mol. The average Bonchev–Trinajstić information content (AvgIpc) is 3.71. The molecular formula is C48H32N2O. The zero-order valence-electron chi connectivity index (χ0n) is 28.0. The molecule has 0 saturated carbocycles. The van der Waals surface area contributed by atoms with Gasteiger partial charge in [0.05, 0.1) is 11.4 Å². The van der Waals surface area contributed by atoms with Crippen molar-refractivity contribution in [2.45, 2.75) is 12.3 Å². The summed E-state index contributed by atoms with van der Waals surface area (Å²) in [4.78, 5) is 10.3. The van der Waals surface area contributed by atoms with Gasteiger partial charge in [0.1, 0.15) is 11.2 Å². The topological polar surface area (TPSA) is 38.9 Å². The summed E-state index contributed by atoms with van der Waals surface area (Å²) >= 11 is 0. The van der Waals surface area contributed by atoms with Crippen LogP contribution in [-0.2, 0) is 5.41 Å². The molecule has 0 aliphatic heterocycles. The summed E-state index contributed by atoms with van der Waals surface area (Å²) in [5.74, 6) is 0.708. The van der Waals surface area contributed by atoms with Crippen molar-refractivity contribution >= 4 is 21.9 Å². The molecule has 1 aliphatic rings. The smallest absolute Gasteiger partial charge is 0.160 e. The van der Waals surface area contributed by atoms with Crippen LogP contribution < -0.4 is 0 Å². The van der Waals surface area contributed by atoms with Gasteiger partial charge >= 0.3 is 0 Å². The van der Waals surface area contributed by atoms with Crippen LogP contribution in [0.25, 0.3) is 78.1 Å². The maximum absolute atomic E-state index is 6.07. The number of nitrogens with zero attached hydrogens (tertiary/aromatic N) is 2. The first-order valence-electron chi connectivity index (χ1n) is 17.4. The first kappa shape index (κ1) is 29.3. The Labute approximate surface area is 296 Å². The number of hydrogen-bond donors (Lipinski definition) is 0. The van der Waals surface area contributed by atoms with E-state index in [1.807, 2.05) is 30.3 Å². The van der Waals surface area contributed by atoms with Crippen molar-refractivity contribution in [1.82, 2.24) is 9.97 Å². The Morgan fingerprint density at radius 2 is 1.02 bits per heavy atom. The first-order chi connectivity index (χ1) is 25.1. The summed E-state index contributed by atoms with van der Waals surface area (Å²) in [5.41, 5.74) is 15.2. The second-order valence-corrected chi connectivity index (χ2v) is 13.5. The maximum Gasteiger partial charge on any atom is 0.160 e. The van der Waals surface area contributed by atoms with Crippen molar-refractivity contribution in [3.63, 3.8) is 0 Å². The minimum atomic E-state index is -0.241. The molecule has 1 unspecified atom stereocenters. The second kappa shape index (κ2) is 11.5. The molecule has 2 heterocycles. The van der Waals surface area contributed by atoms with E-state index in [0.717, 1.165) is 61.1 Å². The van der Waals surface area contributed by atoms with Gasteiger partial charge in [-0.15, -0.1) is 0 Å². The fraction of sp³-hybridized carbons (Fsp3) is 0.0417. The van der Waals surface area contributed by atoms with Gasteiger partial charge < -0.3 is 4.42 Å². The largest absolute Gasteiger partial charge is 0.456 e. The van der Waals surface area contributed by atoms with Gasteiger partial charge in [-0.05, 0) is 76.2 Å². The molecule has 3 heteroatoms. The van der Waals surface area contributed by atoms with Crippen molar-refractivity contribution in [1.29, 1.82) is 0 Å². The third-order valence-electron chi connectivity index (χ3n) is 10.6. The number of fused-ring (bicyclic) bond motifs is 6. The van der Waals surface area contributed by atoms with E-state index in [9.17, 15) is 0 Å². The van der Waals surface area contributed by atoms with Crippen molar-refractivity contribution in [3.05, 3.63) is 193 Å². The number of hydrogen-bond acceptors (Lipinski definition) is 3. The van der Waals surface area contributed by atoms with Gasteiger partial charge in [-0.25, -0.2) is 9.97 Å². The van der Waals surface area contributed by atoms with Crippen LogP contribution in [0.4, 0.5) is 0 Å². The molecule has 9 aromatic rings. The summed E-state index contributed by atoms with van der Waals surface area (Å²) in [6.07, 6.45) is 0. The fourth-order valence-corrected chi connectivity index (χ4v) is 7.94. The normalized spacial score (nSPS) is 14.8. The lowest BCUT2D eigenvalue weighted by Crippen LogP contribution is -2.22. The van der Waals surface area contributed by atoms with Crippen LogP contribution in [0.1, 0.15) is 23.6 Å². The van der Waals surface area contributed by atoms with E-state index in [1.165, 1.54) is 27.8 Å². The Bertz CT molecular complexity index is 2750. The molecule has 2 aromatic heterocycles. The van der Waals surface area contributed by atoms with Gasteiger partial charge in [-0.3, -0.25) is 0 Å². The van der Waals surface area contributed by atoms with Crippen molar-refractivity contribution in [3.8, 4) is 56.2 Å². The summed E-state index contributed by atoms with van der Waals surface area (Å²) < 4.78 is 6.07. The molecule has 7 aromatic carbocycles. The Morgan fingerprint density at radius 3 is 1.84 bits per heavy atom. The number of rotatable bonds is 5. The summed E-state index contributed by atoms with van der Waals surface area (Å²) in [6, 6.07) is 62.2. The van der Waals surface area contributed by atoms with Crippen LogP contribution in [-0.4, -0.2) is 9.97 Å². The Morgan fingerprint density at radius 1 is 0.412 bits per heavy atom. The van der Waals surface area contributed by atoms with E-state index in [2.05, 4.69) is 153 Å². The van der Waals surface area contributed by atoms with Crippen LogP contribution in [0.2, 0.25) is 0 Å². The highest BCUT2D eigenvalue weighted by Crippen LogP contribution is 2.53. The van der Waals surface area contributed by atoms with Crippen LogP contribution in [0, 0.1) is 0 Å². The lowest BCUT2D eigenvalue weighted by atomic mass is 9.74. The van der Waals surface area contributed by atoms with E-state index in [0.29, 0.717) is 5.82 Å². The maximum atomic E-state index is 6.07. The lowest BCUT2D eigenvalue weighted by Gasteiger charge is -2.28. The highest BCUT2D eigenvalue weighted by Gasteiger charge is 2.40. The van der Waals surface area contributed by atoms with E-state index in [-0.39, 0.29) is 5.41 Å². The number of para-hydroxylation sites is 1. The van der Waals surface area contributed by atoms with Crippen molar-refractivity contribution < 1.29 is 4.42 Å². The molecule has 0 amide bonds. The molecule has 0 fully saturated rings. The standard InChI is InChI=1S/C48H32N2O/c1-48(36-14-6-3-7-15-36)41-18-10-8-16-37(41)39-29-35(24-26-42(39)48)44-30-43(49-47(50-44)33-12-4-2-5-13-33)32-22-20-31(21-23-32)34-25-27-46-40(28-34)38-17-9-11-19-45(38)51-46/h2-30H,1H3. The van der Waals surface area contributed by atoms with Gasteiger partial charge in [0.25, 0.3) is 0 Å². The predicted octanol–water partition coefficient (Wildman–Crippen LogP) is 12.4. The van der Waals surface area contributed by atoms with E-state index in [4.69, 9.17) is 14.4 Å². The molecule has 1 aliphatic carbocycles. The fourth-order valence-electron chi connectivity index (χ4n) is 7.94. The van der Waals surface area contributed by atoms with E-state index in [1.54, 1.807) is 0 Å². The van der Waals surface area contributed by atoms with Crippen LogP contribution in [0.15, 0.2) is 180 Å². The molecule has 0 N–H and O–H groups in total. The first-order valence-corrected chi connectivity index (χ1v) is 17.4. The van der Waals surface area contributed by atoms with Gasteiger partial charge in [0, 0.05) is 32.9 Å². The van der Waals surface area contributed by atoms with Gasteiger partial charge in [0.2, 0.25) is 0 Å². The molecule has 3 nitrogen and oxygen atoms in total. The third-order valence-corrected chi connectivity index (χ3v) is 10.6. The minimum Gasteiger partial charge on any atom is -0.456 e. The SMILES string of the molecule is CC1(c2ccccc2)c2ccccc2-c2cc(-c3cc(-c4ccc(-c5ccc6oc7ccccc7c6c5)cc4)nc(-c4ccccc4)n3)ccc21. The molecule has 10 rings (SSSR count). The third kappa shape index (κ3) is 4.74. The predicted molar refractivity (Wildman–Crippen MR) is 208 cm³/mol. The number of benzene rings is 7. The molecule has 240 valence electrons. The molecule has 1 atom stereocenters. The molecule has 0 saturated heterocycles. The van der Waals surface area contributed by atoms with Crippen LogP contribution in [0.3, 0.4) is 0 Å². The highest BCUT2D eigenvalue weighted by atomic mass is 16.3. The van der Waals surface area contributed by atoms with Crippen LogP contribution >= 0.6 is 0 Å². The van der Waals surface area contributed by atoms with E-state index >= 15 is 0 Å². The molecule has 0 bridgehead atoms. The zero-order chi connectivity index (χ0) is 33.9. The van der Waals surface area contributed by atoms with Crippen molar-refractivity contribution in [2.75, 3.05) is 0 Å². The zero-order valence-corrected chi connectivity index (χ0v) is 28.0. The quantitative estimate of drug-likeness (QED) is 0.186. The summed E-state index contributed by atoms with van der Waals surface area (Å²) in [7, 11) is 0. The van der Waals surface area contributed by atoms with Gasteiger partial charge in [-0.2, -0.15) is 0 Å². The monoisotopic (exact) mass is 652 g/mol. The minimum absolute atomic E-state index is 0.241. The summed E-state index contributed by atoms with van der Waals surface area (Å²) in [6.45, 7) is 2.35. The van der Waals surface area contributed by atoms with E-state index < -0.39 is 0 Å². The Hall–Kier alpha value is -6.58. The van der Waals surface area contributed by atoms with Crippen molar-refractivity contribution in [2.24, 2.45) is 0 Å². The lowest BCUT2D eigenvalue weighted by molar-refractivity contribution is 0.669. The molecule has 0 radical (unpaired) electrons. The Balaban J connectivity index is 1.08. The Kier molecular flexibility index (Phi) is 6.62. The number of aromatic nitrogens is 2. The van der Waals surface area contributed by atoms with Gasteiger partial charge in [-0.1, -0.05) is 146 Å². The summed E-state index contributed by atoms with van der Waals surface area (Å²) in [5, 5.41) is 2.26. The molecule has 0 spiro atoms. The second-order valence-electron chi connectivity index (χ2n) is 13.5. The van der Waals surface area contributed by atoms with Gasteiger partial charge in [0.15, 0.2) is 5.82 Å². The van der Waals surface area contributed by atoms with Crippen LogP contribution in [0.5, 0.6) is 0 Å². The average molecular weight is 653 g/mol. The molecule has 51 heavy (non-hydrogen) atoms.